The van der Waals surface area contributed by atoms with Gasteiger partial charge >= 0.3 is 0 Å². The molecule has 0 saturated heterocycles. The highest BCUT2D eigenvalue weighted by Crippen LogP contribution is 2.23. The van der Waals surface area contributed by atoms with Gasteiger partial charge in [0.25, 0.3) is 0 Å². The van der Waals surface area contributed by atoms with Crippen molar-refractivity contribution in [2.75, 3.05) is 7.11 Å². The van der Waals surface area contributed by atoms with Crippen molar-refractivity contribution in [1.82, 2.24) is 4.57 Å². The third kappa shape index (κ3) is 2.29. The van der Waals surface area contributed by atoms with Crippen molar-refractivity contribution < 1.29 is 4.74 Å². The smallest absolute Gasteiger partial charge is 0.119 e. The fourth-order valence-corrected chi connectivity index (χ4v) is 2.60. The molecule has 0 fully saturated rings. The zero-order valence-electron chi connectivity index (χ0n) is 12.2. The zero-order chi connectivity index (χ0) is 14.1. The van der Waals surface area contributed by atoms with Crippen molar-refractivity contribution in [1.29, 1.82) is 0 Å². The van der Waals surface area contributed by atoms with Crippen LogP contribution in [0.5, 0.6) is 5.75 Å². The number of hydrogen-bond donors (Lipinski definition) is 0. The Hall–Kier alpha value is -2.22. The maximum atomic E-state index is 5.28. The second-order valence-electron chi connectivity index (χ2n) is 5.30. The first-order valence-corrected chi connectivity index (χ1v) is 6.86. The molecule has 2 nitrogen and oxygen atoms in total. The Kier molecular flexibility index (Phi) is 3.23. The van der Waals surface area contributed by atoms with Crippen LogP contribution in [0.3, 0.4) is 0 Å². The Balaban J connectivity index is 2.00. The molecular formula is C18H19NO. The van der Waals surface area contributed by atoms with Crippen LogP contribution >= 0.6 is 0 Å². The fraction of sp³-hybridized carbons (Fsp3) is 0.222. The lowest BCUT2D eigenvalue weighted by Gasteiger charge is -2.10. The first-order valence-electron chi connectivity index (χ1n) is 6.86. The van der Waals surface area contributed by atoms with Gasteiger partial charge in [0.2, 0.25) is 0 Å². The lowest BCUT2D eigenvalue weighted by molar-refractivity contribution is 0.415. The van der Waals surface area contributed by atoms with Gasteiger partial charge in [0.15, 0.2) is 0 Å². The van der Waals surface area contributed by atoms with Crippen LogP contribution in [0.4, 0.5) is 0 Å². The molecule has 0 aliphatic heterocycles. The quantitative estimate of drug-likeness (QED) is 0.688. The molecule has 0 radical (unpaired) electrons. The summed E-state index contributed by atoms with van der Waals surface area (Å²) in [7, 11) is 1.70. The summed E-state index contributed by atoms with van der Waals surface area (Å²) in [5.41, 5.74) is 5.26. The number of nitrogens with zero attached hydrogens (tertiary/aromatic N) is 1. The summed E-state index contributed by atoms with van der Waals surface area (Å²) in [6, 6.07) is 15.0. The number of aromatic nitrogens is 1. The van der Waals surface area contributed by atoms with Gasteiger partial charge in [-0.3, -0.25) is 0 Å². The second kappa shape index (κ2) is 5.04. The van der Waals surface area contributed by atoms with Gasteiger partial charge in [-0.1, -0.05) is 23.8 Å². The topological polar surface area (TPSA) is 14.2 Å². The monoisotopic (exact) mass is 265 g/mol. The van der Waals surface area contributed by atoms with Crippen LogP contribution in [0.25, 0.3) is 10.9 Å². The third-order valence-corrected chi connectivity index (χ3v) is 3.82. The van der Waals surface area contributed by atoms with Crippen molar-refractivity contribution in [2.24, 2.45) is 0 Å². The van der Waals surface area contributed by atoms with Crippen molar-refractivity contribution in [3.63, 3.8) is 0 Å². The van der Waals surface area contributed by atoms with Crippen LogP contribution in [0.2, 0.25) is 0 Å². The second-order valence-corrected chi connectivity index (χ2v) is 5.30. The Morgan fingerprint density at radius 2 is 1.85 bits per heavy atom. The Labute approximate surface area is 119 Å². The Bertz CT molecular complexity index is 755. The summed E-state index contributed by atoms with van der Waals surface area (Å²) in [5.74, 6) is 0.905. The minimum Gasteiger partial charge on any atom is -0.497 e. The first kappa shape index (κ1) is 12.8. The summed E-state index contributed by atoms with van der Waals surface area (Å²) in [4.78, 5) is 0. The molecule has 0 N–H and O–H groups in total. The zero-order valence-corrected chi connectivity index (χ0v) is 12.2. The molecule has 0 bridgehead atoms. The number of rotatable bonds is 3. The van der Waals surface area contributed by atoms with E-state index in [1.165, 1.54) is 27.6 Å². The molecule has 0 atom stereocenters. The summed E-state index contributed by atoms with van der Waals surface area (Å²) in [5, 5.41) is 1.22. The van der Waals surface area contributed by atoms with E-state index in [1.54, 1.807) is 7.11 Å². The van der Waals surface area contributed by atoms with E-state index >= 15 is 0 Å². The first-order chi connectivity index (χ1) is 9.67. The lowest BCUT2D eigenvalue weighted by Crippen LogP contribution is -2.00. The SMILES string of the molecule is COc1ccc2c(ccn2Cc2cc(C)ccc2C)c1. The Morgan fingerprint density at radius 3 is 2.65 bits per heavy atom. The summed E-state index contributed by atoms with van der Waals surface area (Å²) < 4.78 is 7.56. The molecule has 2 aromatic carbocycles. The van der Waals surface area contributed by atoms with E-state index in [0.29, 0.717) is 0 Å². The highest BCUT2D eigenvalue weighted by molar-refractivity contribution is 5.81. The van der Waals surface area contributed by atoms with Crippen LogP contribution in [0.15, 0.2) is 48.7 Å². The van der Waals surface area contributed by atoms with E-state index < -0.39 is 0 Å². The standard InChI is InChI=1S/C18H19NO/c1-13-4-5-14(2)16(10-13)12-19-9-8-15-11-17(20-3)6-7-18(15)19/h4-11H,12H2,1-3H3. The highest BCUT2D eigenvalue weighted by Gasteiger charge is 2.05. The normalized spacial score (nSPS) is 10.9. The molecule has 2 heteroatoms. The summed E-state index contributed by atoms with van der Waals surface area (Å²) >= 11 is 0. The summed E-state index contributed by atoms with van der Waals surface area (Å²) in [6.45, 7) is 5.22. The molecule has 0 spiro atoms. The fourth-order valence-electron chi connectivity index (χ4n) is 2.60. The van der Waals surface area contributed by atoms with Crippen LogP contribution in [0.1, 0.15) is 16.7 Å². The number of fused-ring (bicyclic) bond motifs is 1. The Morgan fingerprint density at radius 1 is 1.00 bits per heavy atom. The maximum absolute atomic E-state index is 5.28. The van der Waals surface area contributed by atoms with E-state index in [-0.39, 0.29) is 0 Å². The predicted molar refractivity (Wildman–Crippen MR) is 83.5 cm³/mol. The highest BCUT2D eigenvalue weighted by atomic mass is 16.5. The van der Waals surface area contributed by atoms with Gasteiger partial charge in [0.05, 0.1) is 7.11 Å². The van der Waals surface area contributed by atoms with Crippen LogP contribution < -0.4 is 4.74 Å². The number of aryl methyl sites for hydroxylation is 2. The molecule has 0 unspecified atom stereocenters. The number of benzene rings is 2. The van der Waals surface area contributed by atoms with Crippen LogP contribution in [0, 0.1) is 13.8 Å². The third-order valence-electron chi connectivity index (χ3n) is 3.82. The summed E-state index contributed by atoms with van der Waals surface area (Å²) in [6.07, 6.45) is 2.14. The molecule has 0 saturated carbocycles. The number of ether oxygens (including phenoxy) is 1. The molecule has 1 aromatic heterocycles. The minimum atomic E-state index is 0.905. The molecular weight excluding hydrogens is 246 g/mol. The van der Waals surface area contributed by atoms with Crippen molar-refractivity contribution in [3.05, 3.63) is 65.4 Å². The van der Waals surface area contributed by atoms with E-state index in [0.717, 1.165) is 12.3 Å². The minimum absolute atomic E-state index is 0.905. The molecule has 1 heterocycles. The molecule has 3 rings (SSSR count). The van der Waals surface area contributed by atoms with Crippen molar-refractivity contribution >= 4 is 10.9 Å². The molecule has 0 aliphatic rings. The molecule has 3 aromatic rings. The number of hydrogen-bond acceptors (Lipinski definition) is 1. The molecule has 20 heavy (non-hydrogen) atoms. The van der Waals surface area contributed by atoms with Crippen LogP contribution in [-0.2, 0) is 6.54 Å². The van der Waals surface area contributed by atoms with Gasteiger partial charge in [-0.05, 0) is 49.2 Å². The predicted octanol–water partition coefficient (Wildman–Crippen LogP) is 4.32. The molecule has 102 valence electrons. The van der Waals surface area contributed by atoms with Crippen molar-refractivity contribution in [2.45, 2.75) is 20.4 Å². The maximum Gasteiger partial charge on any atom is 0.119 e. The lowest BCUT2D eigenvalue weighted by atomic mass is 10.1. The largest absolute Gasteiger partial charge is 0.497 e. The van der Waals surface area contributed by atoms with E-state index in [9.17, 15) is 0 Å². The van der Waals surface area contributed by atoms with Gasteiger partial charge in [0, 0.05) is 23.6 Å². The van der Waals surface area contributed by atoms with Gasteiger partial charge in [-0.15, -0.1) is 0 Å². The van der Waals surface area contributed by atoms with E-state index in [1.807, 2.05) is 6.07 Å². The average Bonchev–Trinajstić information content (AvgIpc) is 2.85. The average molecular weight is 265 g/mol. The number of methoxy groups -OCH3 is 1. The van der Waals surface area contributed by atoms with Gasteiger partial charge in [0.1, 0.15) is 5.75 Å². The van der Waals surface area contributed by atoms with Crippen molar-refractivity contribution in [3.8, 4) is 5.75 Å². The molecule has 0 amide bonds. The van der Waals surface area contributed by atoms with Crippen LogP contribution in [-0.4, -0.2) is 11.7 Å². The van der Waals surface area contributed by atoms with Gasteiger partial charge in [-0.25, -0.2) is 0 Å². The van der Waals surface area contributed by atoms with Gasteiger partial charge in [-0.2, -0.15) is 0 Å². The molecule has 0 aliphatic carbocycles. The van der Waals surface area contributed by atoms with E-state index in [2.05, 4.69) is 61.0 Å². The van der Waals surface area contributed by atoms with E-state index in [4.69, 9.17) is 4.74 Å². The van der Waals surface area contributed by atoms with Gasteiger partial charge < -0.3 is 9.30 Å².